The van der Waals surface area contributed by atoms with Crippen molar-refractivity contribution in [3.63, 3.8) is 0 Å². The van der Waals surface area contributed by atoms with Crippen LogP contribution in [0.25, 0.3) is 6.08 Å². The highest BCUT2D eigenvalue weighted by Crippen LogP contribution is 2.31. The Balaban J connectivity index is 1.67. The number of amides is 1. The molecule has 1 amide bonds. The standard InChI is InChI=1S/C25H16ClFN2O2/c1-29-23-10-8-16(4-2-5-17-6-3-11-28-15-17)12-19(23)24(30)20(25(29)31)13-18-7-9-22(27)21(26)14-18/h3,6-15H,5H2,1H3/b20-13+. The molecule has 2 heterocycles. The minimum atomic E-state index is -0.568. The molecule has 3 aromatic rings. The molecule has 0 unspecified atom stereocenters. The highest BCUT2D eigenvalue weighted by atomic mass is 35.5. The number of Topliss-reactive ketones (excluding diaryl/α,β-unsaturated/α-hetero) is 1. The molecule has 0 spiro atoms. The molecule has 2 aromatic carbocycles. The first-order chi connectivity index (χ1) is 14.9. The molecule has 0 atom stereocenters. The molecule has 4 rings (SSSR count). The van der Waals surface area contributed by atoms with E-state index in [1.54, 1.807) is 37.6 Å². The van der Waals surface area contributed by atoms with Crippen LogP contribution in [0.2, 0.25) is 5.02 Å². The minimum Gasteiger partial charge on any atom is -0.311 e. The molecule has 1 aliphatic heterocycles. The Morgan fingerprint density at radius 1 is 1.16 bits per heavy atom. The molecule has 31 heavy (non-hydrogen) atoms. The topological polar surface area (TPSA) is 50.3 Å². The van der Waals surface area contributed by atoms with Crippen LogP contribution in [-0.4, -0.2) is 23.7 Å². The fraction of sp³-hybridized carbons (Fsp3) is 0.0800. The summed E-state index contributed by atoms with van der Waals surface area (Å²) in [5.41, 5.74) is 3.02. The predicted molar refractivity (Wildman–Crippen MR) is 118 cm³/mol. The maximum atomic E-state index is 13.4. The number of carbonyl (C=O) groups excluding carboxylic acids is 2. The number of aromatic nitrogens is 1. The van der Waals surface area contributed by atoms with Crippen LogP contribution in [0, 0.1) is 17.7 Å². The van der Waals surface area contributed by atoms with Crippen molar-refractivity contribution in [2.24, 2.45) is 0 Å². The van der Waals surface area contributed by atoms with Crippen LogP contribution in [0.15, 0.2) is 66.5 Å². The smallest absolute Gasteiger partial charge is 0.262 e. The van der Waals surface area contributed by atoms with Gasteiger partial charge in [-0.3, -0.25) is 14.6 Å². The largest absolute Gasteiger partial charge is 0.311 e. The highest BCUT2D eigenvalue weighted by molar-refractivity contribution is 6.36. The van der Waals surface area contributed by atoms with Gasteiger partial charge in [0.05, 0.1) is 16.3 Å². The van der Waals surface area contributed by atoms with Crippen LogP contribution in [0.5, 0.6) is 0 Å². The molecule has 4 nitrogen and oxygen atoms in total. The molecule has 0 saturated carbocycles. The summed E-state index contributed by atoms with van der Waals surface area (Å²) in [4.78, 5) is 31.3. The van der Waals surface area contributed by atoms with E-state index in [1.165, 1.54) is 29.2 Å². The highest BCUT2D eigenvalue weighted by Gasteiger charge is 2.32. The average molecular weight is 431 g/mol. The zero-order chi connectivity index (χ0) is 22.0. The van der Waals surface area contributed by atoms with Gasteiger partial charge in [-0.2, -0.15) is 0 Å². The number of pyridine rings is 1. The Labute approximate surface area is 184 Å². The van der Waals surface area contributed by atoms with Crippen molar-refractivity contribution in [2.75, 3.05) is 11.9 Å². The second-order valence-corrected chi connectivity index (χ2v) is 7.40. The number of benzene rings is 2. The first-order valence-electron chi connectivity index (χ1n) is 9.45. The van der Waals surface area contributed by atoms with Crippen molar-refractivity contribution in [2.45, 2.75) is 6.42 Å². The number of nitrogens with zero attached hydrogens (tertiary/aromatic N) is 2. The summed E-state index contributed by atoms with van der Waals surface area (Å²) >= 11 is 5.82. The third-order valence-electron chi connectivity index (χ3n) is 4.88. The van der Waals surface area contributed by atoms with Crippen LogP contribution in [-0.2, 0) is 11.2 Å². The SMILES string of the molecule is CN1C(=O)/C(=C/c2ccc(F)c(Cl)c2)C(=O)c2cc(C#CCc3cccnc3)ccc21. The zero-order valence-corrected chi connectivity index (χ0v) is 17.3. The van der Waals surface area contributed by atoms with Crippen molar-refractivity contribution in [3.8, 4) is 11.8 Å². The van der Waals surface area contributed by atoms with Crippen LogP contribution >= 0.6 is 11.6 Å². The number of ketones is 1. The van der Waals surface area contributed by atoms with Gasteiger partial charge in [0, 0.05) is 37.0 Å². The molecule has 0 N–H and O–H groups in total. The third kappa shape index (κ3) is 4.25. The van der Waals surface area contributed by atoms with Gasteiger partial charge in [-0.25, -0.2) is 4.39 Å². The van der Waals surface area contributed by atoms with E-state index in [9.17, 15) is 14.0 Å². The first kappa shape index (κ1) is 20.5. The van der Waals surface area contributed by atoms with Crippen molar-refractivity contribution >= 4 is 35.1 Å². The molecule has 0 bridgehead atoms. The van der Waals surface area contributed by atoms with E-state index in [2.05, 4.69) is 16.8 Å². The number of carbonyl (C=O) groups is 2. The van der Waals surface area contributed by atoms with Crippen molar-refractivity contribution < 1.29 is 14.0 Å². The average Bonchev–Trinajstić information content (AvgIpc) is 2.78. The Morgan fingerprint density at radius 2 is 2.00 bits per heavy atom. The fourth-order valence-electron chi connectivity index (χ4n) is 3.27. The summed E-state index contributed by atoms with van der Waals surface area (Å²) in [6.07, 6.45) is 5.42. The summed E-state index contributed by atoms with van der Waals surface area (Å²) in [7, 11) is 1.60. The molecule has 0 fully saturated rings. The Bertz CT molecular complexity index is 1290. The van der Waals surface area contributed by atoms with Gasteiger partial charge in [-0.1, -0.05) is 35.6 Å². The van der Waals surface area contributed by atoms with Crippen LogP contribution in [0.3, 0.4) is 0 Å². The second kappa shape index (κ2) is 8.55. The van der Waals surface area contributed by atoms with Gasteiger partial charge in [0.2, 0.25) is 5.78 Å². The molecule has 1 aliphatic rings. The molecule has 0 radical (unpaired) electrons. The Hall–Kier alpha value is -3.75. The first-order valence-corrected chi connectivity index (χ1v) is 9.83. The van der Waals surface area contributed by atoms with E-state index >= 15 is 0 Å². The molecular weight excluding hydrogens is 415 g/mol. The van der Waals surface area contributed by atoms with Crippen LogP contribution in [0.1, 0.15) is 27.0 Å². The number of anilines is 1. The normalized spacial score (nSPS) is 14.3. The lowest BCUT2D eigenvalue weighted by molar-refractivity contribution is -0.114. The molecule has 0 aliphatic carbocycles. The van der Waals surface area contributed by atoms with Gasteiger partial charge >= 0.3 is 0 Å². The number of halogens is 2. The zero-order valence-electron chi connectivity index (χ0n) is 16.5. The lowest BCUT2D eigenvalue weighted by Crippen LogP contribution is -2.36. The van der Waals surface area contributed by atoms with Crippen molar-refractivity contribution in [3.05, 3.63) is 99.6 Å². The summed E-state index contributed by atoms with van der Waals surface area (Å²) in [6, 6.07) is 13.0. The Kier molecular flexibility index (Phi) is 5.66. The third-order valence-corrected chi connectivity index (χ3v) is 5.17. The quantitative estimate of drug-likeness (QED) is 0.336. The molecule has 152 valence electrons. The lowest BCUT2D eigenvalue weighted by atomic mass is 9.92. The monoisotopic (exact) mass is 430 g/mol. The van der Waals surface area contributed by atoms with Gasteiger partial charge in [0.1, 0.15) is 5.82 Å². The summed E-state index contributed by atoms with van der Waals surface area (Å²) in [6.45, 7) is 0. The van der Waals surface area contributed by atoms with Gasteiger partial charge in [0.25, 0.3) is 5.91 Å². The Morgan fingerprint density at radius 3 is 2.74 bits per heavy atom. The van der Waals surface area contributed by atoms with E-state index in [0.717, 1.165) is 5.56 Å². The number of likely N-dealkylation sites (N-methyl/N-ethyl adjacent to an activating group) is 1. The van der Waals surface area contributed by atoms with Crippen LogP contribution in [0.4, 0.5) is 10.1 Å². The van der Waals surface area contributed by atoms with Crippen molar-refractivity contribution in [1.29, 1.82) is 0 Å². The molecule has 0 saturated heterocycles. The lowest BCUT2D eigenvalue weighted by Gasteiger charge is -2.26. The number of rotatable bonds is 2. The summed E-state index contributed by atoms with van der Waals surface area (Å²) in [5, 5.41) is -0.0787. The molecule has 6 heteroatoms. The van der Waals surface area contributed by atoms with E-state index < -0.39 is 17.5 Å². The van der Waals surface area contributed by atoms with E-state index in [-0.39, 0.29) is 10.6 Å². The second-order valence-electron chi connectivity index (χ2n) is 7.00. The van der Waals surface area contributed by atoms with E-state index in [4.69, 9.17) is 11.6 Å². The van der Waals surface area contributed by atoms with Gasteiger partial charge < -0.3 is 4.90 Å². The van der Waals surface area contributed by atoms with E-state index in [1.807, 2.05) is 12.1 Å². The number of fused-ring (bicyclic) bond motifs is 1. The summed E-state index contributed by atoms with van der Waals surface area (Å²) in [5.74, 6) is 4.72. The fourth-order valence-corrected chi connectivity index (χ4v) is 3.46. The van der Waals surface area contributed by atoms with Gasteiger partial charge in [-0.05, 0) is 53.6 Å². The number of hydrogen-bond donors (Lipinski definition) is 0. The maximum absolute atomic E-state index is 13.4. The molecular formula is C25H16ClFN2O2. The van der Waals surface area contributed by atoms with Crippen LogP contribution < -0.4 is 4.90 Å². The molecule has 1 aromatic heterocycles. The predicted octanol–water partition coefficient (Wildman–Crippen LogP) is 4.71. The summed E-state index contributed by atoms with van der Waals surface area (Å²) < 4.78 is 13.4. The maximum Gasteiger partial charge on any atom is 0.262 e. The number of hydrogen-bond acceptors (Lipinski definition) is 3. The van der Waals surface area contributed by atoms with Gasteiger partial charge in [-0.15, -0.1) is 0 Å². The van der Waals surface area contributed by atoms with Gasteiger partial charge in [0.15, 0.2) is 0 Å². The van der Waals surface area contributed by atoms with Crippen molar-refractivity contribution in [1.82, 2.24) is 4.98 Å². The van der Waals surface area contributed by atoms with E-state index in [0.29, 0.717) is 28.8 Å². The minimum absolute atomic E-state index is 0.0156.